The molecule has 0 unspecified atom stereocenters. The van der Waals surface area contributed by atoms with Crippen LogP contribution in [0.15, 0.2) is 29.3 Å². The molecule has 1 aliphatic rings. The van der Waals surface area contributed by atoms with Crippen molar-refractivity contribution in [2.45, 2.75) is 45.2 Å². The lowest BCUT2D eigenvalue weighted by Crippen LogP contribution is -2.38. The van der Waals surface area contributed by atoms with E-state index in [2.05, 4.69) is 63.8 Å². The third-order valence-corrected chi connectivity index (χ3v) is 5.36. The Morgan fingerprint density at radius 3 is 2.41 bits per heavy atom. The molecule has 6 heteroatoms. The van der Waals surface area contributed by atoms with E-state index in [1.54, 1.807) is 0 Å². The van der Waals surface area contributed by atoms with Gasteiger partial charge in [0.1, 0.15) is 0 Å². The molecule has 1 saturated heterocycles. The highest BCUT2D eigenvalue weighted by Crippen LogP contribution is 2.13. The second-order valence-electron chi connectivity index (χ2n) is 8.08. The van der Waals surface area contributed by atoms with E-state index in [0.717, 1.165) is 51.9 Å². The molecule has 0 spiro atoms. The van der Waals surface area contributed by atoms with Gasteiger partial charge < -0.3 is 20.3 Å². The number of rotatable bonds is 12. The lowest BCUT2D eigenvalue weighted by atomic mass is 10.1. The number of hydrogen-bond acceptors (Lipinski definition) is 4. The van der Waals surface area contributed by atoms with Crippen LogP contribution >= 0.6 is 0 Å². The molecule has 1 fully saturated rings. The van der Waals surface area contributed by atoms with Gasteiger partial charge in [-0.25, -0.2) is 0 Å². The third kappa shape index (κ3) is 10.1. The van der Waals surface area contributed by atoms with Gasteiger partial charge in [0.25, 0.3) is 0 Å². The summed E-state index contributed by atoms with van der Waals surface area (Å²) < 4.78 is 5.46. The minimum absolute atomic E-state index is 0.796. The molecular formula is C23H41N5O. The lowest BCUT2D eigenvalue weighted by Gasteiger charge is -2.27. The summed E-state index contributed by atoms with van der Waals surface area (Å²) in [6.07, 6.45) is 6.41. The van der Waals surface area contributed by atoms with E-state index in [1.165, 1.54) is 49.8 Å². The third-order valence-electron chi connectivity index (χ3n) is 5.36. The molecule has 6 nitrogen and oxygen atoms in total. The van der Waals surface area contributed by atoms with Crippen molar-refractivity contribution in [1.29, 1.82) is 0 Å². The quantitative estimate of drug-likeness (QED) is 0.319. The van der Waals surface area contributed by atoms with Crippen LogP contribution in [0.3, 0.4) is 0 Å². The minimum Gasteiger partial charge on any atom is -0.379 e. The van der Waals surface area contributed by atoms with Crippen LogP contribution in [-0.4, -0.2) is 76.3 Å². The smallest absolute Gasteiger partial charge is 0.191 e. The molecule has 0 amide bonds. The fourth-order valence-corrected chi connectivity index (χ4v) is 3.57. The van der Waals surface area contributed by atoms with Gasteiger partial charge in [-0.15, -0.1) is 0 Å². The van der Waals surface area contributed by atoms with Gasteiger partial charge in [0, 0.05) is 39.8 Å². The molecule has 1 aromatic rings. The molecule has 1 heterocycles. The SMILES string of the molecule is CN=C(NCCCCCCCN(C)C)NCc1ccccc1CN1CCOCC1. The Morgan fingerprint density at radius 1 is 1.00 bits per heavy atom. The van der Waals surface area contributed by atoms with E-state index in [4.69, 9.17) is 4.74 Å². The number of ether oxygens (including phenoxy) is 1. The molecule has 1 aromatic carbocycles. The van der Waals surface area contributed by atoms with Crippen LogP contribution in [0.4, 0.5) is 0 Å². The average Bonchev–Trinajstić information content (AvgIpc) is 2.73. The van der Waals surface area contributed by atoms with Gasteiger partial charge in [0.15, 0.2) is 5.96 Å². The zero-order valence-electron chi connectivity index (χ0n) is 18.8. The Labute approximate surface area is 177 Å². The molecule has 2 rings (SSSR count). The second kappa shape index (κ2) is 14.4. The molecule has 2 N–H and O–H groups in total. The first kappa shape index (κ1) is 23.6. The highest BCUT2D eigenvalue weighted by molar-refractivity contribution is 5.79. The molecule has 29 heavy (non-hydrogen) atoms. The van der Waals surface area contributed by atoms with Gasteiger partial charge in [0.05, 0.1) is 13.2 Å². The van der Waals surface area contributed by atoms with E-state index in [0.29, 0.717) is 0 Å². The first-order chi connectivity index (χ1) is 14.2. The number of nitrogens with one attached hydrogen (secondary N) is 2. The van der Waals surface area contributed by atoms with Gasteiger partial charge in [-0.05, 0) is 44.6 Å². The fraction of sp³-hybridized carbons (Fsp3) is 0.696. The molecule has 0 saturated carbocycles. The van der Waals surface area contributed by atoms with Crippen LogP contribution in [0.2, 0.25) is 0 Å². The van der Waals surface area contributed by atoms with Gasteiger partial charge in [-0.1, -0.05) is 43.5 Å². The maximum atomic E-state index is 5.46. The highest BCUT2D eigenvalue weighted by atomic mass is 16.5. The van der Waals surface area contributed by atoms with Crippen LogP contribution < -0.4 is 10.6 Å². The Balaban J connectivity index is 1.66. The normalized spacial score (nSPS) is 15.7. The Hall–Kier alpha value is -1.63. The molecule has 164 valence electrons. The van der Waals surface area contributed by atoms with Crippen molar-refractivity contribution >= 4 is 5.96 Å². The summed E-state index contributed by atoms with van der Waals surface area (Å²) in [5.74, 6) is 0.888. The number of guanidine groups is 1. The molecular weight excluding hydrogens is 362 g/mol. The van der Waals surface area contributed by atoms with Crippen LogP contribution in [0.25, 0.3) is 0 Å². The molecule has 0 aliphatic carbocycles. The summed E-state index contributed by atoms with van der Waals surface area (Å²) in [6.45, 7) is 7.66. The highest BCUT2D eigenvalue weighted by Gasteiger charge is 2.12. The average molecular weight is 404 g/mol. The van der Waals surface area contributed by atoms with Gasteiger partial charge in [0.2, 0.25) is 0 Å². The van der Waals surface area contributed by atoms with E-state index in [1.807, 2.05) is 7.05 Å². The summed E-state index contributed by atoms with van der Waals surface area (Å²) >= 11 is 0. The predicted octanol–water partition coefficient (Wildman–Crippen LogP) is 2.70. The van der Waals surface area contributed by atoms with E-state index in [-0.39, 0.29) is 0 Å². The fourth-order valence-electron chi connectivity index (χ4n) is 3.57. The summed E-state index contributed by atoms with van der Waals surface area (Å²) in [5, 5.41) is 6.93. The molecule has 0 radical (unpaired) electrons. The topological polar surface area (TPSA) is 52.1 Å². The van der Waals surface area contributed by atoms with Gasteiger partial charge in [-0.2, -0.15) is 0 Å². The number of nitrogens with zero attached hydrogens (tertiary/aromatic N) is 3. The summed E-state index contributed by atoms with van der Waals surface area (Å²) in [5.41, 5.74) is 2.72. The van der Waals surface area contributed by atoms with Crippen molar-refractivity contribution in [2.24, 2.45) is 4.99 Å². The monoisotopic (exact) mass is 403 g/mol. The lowest BCUT2D eigenvalue weighted by molar-refractivity contribution is 0.0341. The van der Waals surface area contributed by atoms with E-state index >= 15 is 0 Å². The van der Waals surface area contributed by atoms with Crippen molar-refractivity contribution in [3.8, 4) is 0 Å². The maximum absolute atomic E-state index is 5.46. The Bertz CT molecular complexity index is 584. The predicted molar refractivity (Wildman–Crippen MR) is 122 cm³/mol. The first-order valence-electron chi connectivity index (χ1n) is 11.1. The number of benzene rings is 1. The van der Waals surface area contributed by atoms with Gasteiger partial charge in [-0.3, -0.25) is 9.89 Å². The Morgan fingerprint density at radius 2 is 1.69 bits per heavy atom. The largest absolute Gasteiger partial charge is 0.379 e. The van der Waals surface area contributed by atoms with Crippen molar-refractivity contribution < 1.29 is 4.74 Å². The number of morpholine rings is 1. The molecule has 0 atom stereocenters. The number of unbranched alkanes of at least 4 members (excludes halogenated alkanes) is 4. The zero-order chi connectivity index (χ0) is 20.7. The minimum atomic E-state index is 0.796. The van der Waals surface area contributed by atoms with Crippen molar-refractivity contribution in [3.05, 3.63) is 35.4 Å². The van der Waals surface area contributed by atoms with Crippen LogP contribution in [0.1, 0.15) is 43.2 Å². The van der Waals surface area contributed by atoms with Crippen LogP contribution in [-0.2, 0) is 17.8 Å². The van der Waals surface area contributed by atoms with E-state index in [9.17, 15) is 0 Å². The summed E-state index contributed by atoms with van der Waals surface area (Å²) in [6, 6.07) is 8.69. The summed E-state index contributed by atoms with van der Waals surface area (Å²) in [4.78, 5) is 9.10. The standard InChI is InChI=1S/C23H41N5O/c1-24-23(25-13-9-5-4-6-10-14-27(2)3)26-19-21-11-7-8-12-22(21)20-28-15-17-29-18-16-28/h7-8,11-12H,4-6,9-10,13-20H2,1-3H3,(H2,24,25,26). The Kier molecular flexibility index (Phi) is 11.7. The van der Waals surface area contributed by atoms with E-state index < -0.39 is 0 Å². The second-order valence-corrected chi connectivity index (χ2v) is 8.08. The zero-order valence-corrected chi connectivity index (χ0v) is 18.8. The first-order valence-corrected chi connectivity index (χ1v) is 11.1. The van der Waals surface area contributed by atoms with Crippen LogP contribution in [0, 0.1) is 0 Å². The molecule has 0 aromatic heterocycles. The number of hydrogen-bond donors (Lipinski definition) is 2. The van der Waals surface area contributed by atoms with Gasteiger partial charge >= 0.3 is 0 Å². The number of aliphatic imine (C=N–C) groups is 1. The molecule has 0 bridgehead atoms. The maximum Gasteiger partial charge on any atom is 0.191 e. The van der Waals surface area contributed by atoms with Crippen molar-refractivity contribution in [2.75, 3.05) is 60.5 Å². The summed E-state index contributed by atoms with van der Waals surface area (Å²) in [7, 11) is 6.13. The van der Waals surface area contributed by atoms with Crippen molar-refractivity contribution in [3.63, 3.8) is 0 Å². The van der Waals surface area contributed by atoms with Crippen molar-refractivity contribution in [1.82, 2.24) is 20.4 Å². The van der Waals surface area contributed by atoms with Crippen LogP contribution in [0.5, 0.6) is 0 Å². The molecule has 1 aliphatic heterocycles.